The molecular weight excluding hydrogens is 170 g/mol. The van der Waals surface area contributed by atoms with E-state index >= 15 is 0 Å². The van der Waals surface area contributed by atoms with E-state index in [1.165, 1.54) is 0 Å². The molecule has 0 bridgehead atoms. The van der Waals surface area contributed by atoms with Crippen LogP contribution in [0.1, 0.15) is 10.4 Å². The van der Waals surface area contributed by atoms with Crippen LogP contribution in [0.4, 0.5) is 0 Å². The lowest BCUT2D eigenvalue weighted by Gasteiger charge is -2.23. The summed E-state index contributed by atoms with van der Waals surface area (Å²) in [6.45, 7) is 0. The third-order valence-electron chi connectivity index (χ3n) is 1.88. The molecular formula is C9H9NOS. The predicted molar refractivity (Wildman–Crippen MR) is 49.3 cm³/mol. The van der Waals surface area contributed by atoms with E-state index in [1.54, 1.807) is 16.7 Å². The lowest BCUT2D eigenvalue weighted by molar-refractivity contribution is 0.0812. The van der Waals surface area contributed by atoms with Gasteiger partial charge >= 0.3 is 0 Å². The number of amides is 1. The number of benzene rings is 1. The molecule has 0 saturated carbocycles. The van der Waals surface area contributed by atoms with Crippen molar-refractivity contribution in [3.05, 3.63) is 29.8 Å². The van der Waals surface area contributed by atoms with E-state index in [9.17, 15) is 4.79 Å². The molecule has 0 aromatic heterocycles. The fourth-order valence-electron chi connectivity index (χ4n) is 1.20. The molecule has 0 atom stereocenters. The van der Waals surface area contributed by atoms with Gasteiger partial charge in [0.15, 0.2) is 0 Å². The van der Waals surface area contributed by atoms with Crippen molar-refractivity contribution in [2.75, 3.05) is 12.9 Å². The Kier molecular flexibility index (Phi) is 1.81. The summed E-state index contributed by atoms with van der Waals surface area (Å²) >= 11 is 1.71. The van der Waals surface area contributed by atoms with Crippen LogP contribution in [0.5, 0.6) is 0 Å². The predicted octanol–water partition coefficient (Wildman–Crippen LogP) is 1.82. The van der Waals surface area contributed by atoms with E-state index in [-0.39, 0.29) is 5.91 Å². The Labute approximate surface area is 75.6 Å². The van der Waals surface area contributed by atoms with Crippen LogP contribution in [-0.4, -0.2) is 23.7 Å². The van der Waals surface area contributed by atoms with Gasteiger partial charge in [0.05, 0.1) is 11.4 Å². The van der Waals surface area contributed by atoms with E-state index in [2.05, 4.69) is 0 Å². The Hall–Kier alpha value is -0.960. The Bertz CT molecular complexity index is 324. The molecule has 62 valence electrons. The fraction of sp³-hybridized carbons (Fsp3) is 0.222. The largest absolute Gasteiger partial charge is 0.332 e. The molecule has 1 heterocycles. The molecule has 0 spiro atoms. The highest BCUT2D eigenvalue weighted by molar-refractivity contribution is 7.99. The average Bonchev–Trinajstić information content (AvgIpc) is 2.12. The first kappa shape index (κ1) is 7.68. The monoisotopic (exact) mass is 179 g/mol. The van der Waals surface area contributed by atoms with Crippen molar-refractivity contribution in [3.8, 4) is 0 Å². The van der Waals surface area contributed by atoms with Gasteiger partial charge in [-0.1, -0.05) is 12.1 Å². The summed E-state index contributed by atoms with van der Waals surface area (Å²) < 4.78 is 0. The van der Waals surface area contributed by atoms with Gasteiger partial charge in [-0.25, -0.2) is 0 Å². The Balaban J connectivity index is 2.49. The molecule has 12 heavy (non-hydrogen) atoms. The van der Waals surface area contributed by atoms with Crippen molar-refractivity contribution in [2.24, 2.45) is 0 Å². The van der Waals surface area contributed by atoms with Gasteiger partial charge in [-0.05, 0) is 12.1 Å². The molecule has 0 aliphatic carbocycles. The molecule has 1 aliphatic rings. The quantitative estimate of drug-likeness (QED) is 0.605. The van der Waals surface area contributed by atoms with Crippen LogP contribution in [0, 0.1) is 0 Å². The second-order valence-corrected chi connectivity index (χ2v) is 3.76. The maximum absolute atomic E-state index is 11.5. The summed E-state index contributed by atoms with van der Waals surface area (Å²) in [6.07, 6.45) is 0. The van der Waals surface area contributed by atoms with Gasteiger partial charge in [-0.15, -0.1) is 11.8 Å². The molecule has 2 nitrogen and oxygen atoms in total. The van der Waals surface area contributed by atoms with Crippen LogP contribution in [0.25, 0.3) is 0 Å². The number of rotatable bonds is 0. The maximum atomic E-state index is 11.5. The molecule has 0 N–H and O–H groups in total. The van der Waals surface area contributed by atoms with Gasteiger partial charge in [0, 0.05) is 11.9 Å². The molecule has 2 rings (SSSR count). The number of hydrogen-bond donors (Lipinski definition) is 0. The second kappa shape index (κ2) is 2.83. The Morgan fingerprint density at radius 2 is 2.17 bits per heavy atom. The zero-order valence-corrected chi connectivity index (χ0v) is 7.60. The number of thioether (sulfide) groups is 1. The summed E-state index contributed by atoms with van der Waals surface area (Å²) in [5.41, 5.74) is 0.830. The molecule has 0 fully saturated rings. The van der Waals surface area contributed by atoms with Crippen LogP contribution < -0.4 is 0 Å². The van der Waals surface area contributed by atoms with E-state index in [0.717, 1.165) is 16.3 Å². The number of fused-ring (bicyclic) bond motifs is 1. The number of hydrogen-bond acceptors (Lipinski definition) is 2. The summed E-state index contributed by atoms with van der Waals surface area (Å²) in [5.74, 6) is 0.889. The van der Waals surface area contributed by atoms with E-state index in [0.29, 0.717) is 0 Å². The van der Waals surface area contributed by atoms with E-state index < -0.39 is 0 Å². The number of carbonyl (C=O) groups excluding carboxylic acids is 1. The summed E-state index contributed by atoms with van der Waals surface area (Å²) in [6, 6.07) is 7.73. The van der Waals surface area contributed by atoms with Gasteiger partial charge in [0.25, 0.3) is 5.91 Å². The first-order valence-corrected chi connectivity index (χ1v) is 4.75. The van der Waals surface area contributed by atoms with E-state index in [1.807, 2.05) is 31.3 Å². The van der Waals surface area contributed by atoms with E-state index in [4.69, 9.17) is 0 Å². The summed E-state index contributed by atoms with van der Waals surface area (Å²) in [4.78, 5) is 14.4. The molecule has 1 aromatic rings. The highest BCUT2D eigenvalue weighted by Crippen LogP contribution is 2.28. The van der Waals surface area contributed by atoms with Gasteiger partial charge in [-0.3, -0.25) is 4.79 Å². The standard InChI is InChI=1S/C9H9NOS/c1-10-6-12-8-5-3-2-4-7(8)9(10)11/h2-5H,6H2,1H3. The Morgan fingerprint density at radius 1 is 1.42 bits per heavy atom. The van der Waals surface area contributed by atoms with Crippen LogP contribution in [0.2, 0.25) is 0 Å². The van der Waals surface area contributed by atoms with Crippen LogP contribution in [0.3, 0.4) is 0 Å². The van der Waals surface area contributed by atoms with Crippen molar-refractivity contribution in [1.82, 2.24) is 4.90 Å². The normalized spacial score (nSPS) is 16.1. The van der Waals surface area contributed by atoms with Gasteiger partial charge in [0.1, 0.15) is 0 Å². The highest BCUT2D eigenvalue weighted by Gasteiger charge is 2.20. The third kappa shape index (κ3) is 1.10. The Morgan fingerprint density at radius 3 is 3.00 bits per heavy atom. The molecule has 0 radical (unpaired) electrons. The minimum Gasteiger partial charge on any atom is -0.332 e. The lowest BCUT2D eigenvalue weighted by Crippen LogP contribution is -2.29. The lowest BCUT2D eigenvalue weighted by atomic mass is 10.2. The first-order valence-electron chi connectivity index (χ1n) is 3.76. The highest BCUT2D eigenvalue weighted by atomic mass is 32.2. The van der Waals surface area contributed by atoms with Crippen LogP contribution >= 0.6 is 11.8 Å². The van der Waals surface area contributed by atoms with Crippen molar-refractivity contribution < 1.29 is 4.79 Å². The van der Waals surface area contributed by atoms with Crippen molar-refractivity contribution in [2.45, 2.75) is 4.90 Å². The maximum Gasteiger partial charge on any atom is 0.255 e. The summed E-state index contributed by atoms with van der Waals surface area (Å²) in [7, 11) is 1.82. The minimum atomic E-state index is 0.129. The third-order valence-corrected chi connectivity index (χ3v) is 3.06. The van der Waals surface area contributed by atoms with Crippen LogP contribution in [0.15, 0.2) is 29.2 Å². The average molecular weight is 179 g/mol. The number of nitrogens with zero attached hydrogens (tertiary/aromatic N) is 1. The van der Waals surface area contributed by atoms with Gasteiger partial charge in [0.2, 0.25) is 0 Å². The smallest absolute Gasteiger partial charge is 0.255 e. The molecule has 0 saturated heterocycles. The molecule has 3 heteroatoms. The minimum absolute atomic E-state index is 0.129. The van der Waals surface area contributed by atoms with Crippen LogP contribution in [-0.2, 0) is 0 Å². The molecule has 0 unspecified atom stereocenters. The topological polar surface area (TPSA) is 20.3 Å². The zero-order valence-electron chi connectivity index (χ0n) is 6.78. The SMILES string of the molecule is CN1CSc2ccccc2C1=O. The van der Waals surface area contributed by atoms with Crippen molar-refractivity contribution in [1.29, 1.82) is 0 Å². The second-order valence-electron chi connectivity index (χ2n) is 2.77. The van der Waals surface area contributed by atoms with Crippen molar-refractivity contribution >= 4 is 17.7 Å². The van der Waals surface area contributed by atoms with Crippen molar-refractivity contribution in [3.63, 3.8) is 0 Å². The van der Waals surface area contributed by atoms with Gasteiger partial charge in [-0.2, -0.15) is 0 Å². The molecule has 1 aliphatic heterocycles. The fourth-order valence-corrected chi connectivity index (χ4v) is 2.14. The van der Waals surface area contributed by atoms with Gasteiger partial charge < -0.3 is 4.90 Å². The number of carbonyl (C=O) groups is 1. The first-order chi connectivity index (χ1) is 5.79. The summed E-state index contributed by atoms with van der Waals surface area (Å²) in [5, 5.41) is 0. The molecule has 1 amide bonds. The molecule has 1 aromatic carbocycles. The zero-order chi connectivity index (χ0) is 8.55.